The molecule has 4 rings (SSSR count). The van der Waals surface area contributed by atoms with Crippen molar-refractivity contribution in [1.29, 1.82) is 0 Å². The maximum absolute atomic E-state index is 13.2. The molecule has 168 valence electrons. The maximum Gasteiger partial charge on any atom is 0.407 e. The Labute approximate surface area is 191 Å². The molecule has 1 saturated heterocycles. The van der Waals surface area contributed by atoms with Gasteiger partial charge in [0.15, 0.2) is 0 Å². The Kier molecular flexibility index (Phi) is 7.32. The topological polar surface area (TPSA) is 67.3 Å². The number of alkyl carbamates (subject to hydrolysis) is 1. The second-order valence-electron chi connectivity index (χ2n) is 7.97. The van der Waals surface area contributed by atoms with Gasteiger partial charge in [0, 0.05) is 30.6 Å². The number of aryl methyl sites for hydroxylation is 1. The highest BCUT2D eigenvalue weighted by molar-refractivity contribution is 7.09. The first-order valence-corrected chi connectivity index (χ1v) is 11.7. The van der Waals surface area contributed by atoms with Gasteiger partial charge in [-0.25, -0.2) is 19.2 Å². The van der Waals surface area contributed by atoms with Gasteiger partial charge in [-0.15, -0.1) is 11.3 Å². The van der Waals surface area contributed by atoms with Gasteiger partial charge >= 0.3 is 6.09 Å². The number of carbonyl (C=O) groups is 1. The van der Waals surface area contributed by atoms with Gasteiger partial charge in [0.1, 0.15) is 18.2 Å². The fourth-order valence-electron chi connectivity index (χ4n) is 3.87. The highest BCUT2D eigenvalue weighted by atomic mass is 32.1. The van der Waals surface area contributed by atoms with Crippen molar-refractivity contribution in [3.8, 4) is 11.3 Å². The zero-order valence-electron chi connectivity index (χ0n) is 18.1. The van der Waals surface area contributed by atoms with E-state index in [9.17, 15) is 9.18 Å². The zero-order valence-corrected chi connectivity index (χ0v) is 18.9. The number of anilines is 1. The molecule has 6 nitrogen and oxygen atoms in total. The Balaban J connectivity index is 1.19. The lowest BCUT2D eigenvalue weighted by molar-refractivity contribution is 0.137. The Morgan fingerprint density at radius 2 is 1.97 bits per heavy atom. The fraction of sp³-hybridized carbons (Fsp3) is 0.375. The van der Waals surface area contributed by atoms with E-state index in [0.29, 0.717) is 12.5 Å². The molecule has 1 aliphatic rings. The minimum Gasteiger partial charge on any atom is -0.443 e. The van der Waals surface area contributed by atoms with Crippen LogP contribution in [0.2, 0.25) is 0 Å². The van der Waals surface area contributed by atoms with Gasteiger partial charge < -0.3 is 15.0 Å². The number of carbonyl (C=O) groups excluding carboxylic acids is 1. The largest absolute Gasteiger partial charge is 0.443 e. The van der Waals surface area contributed by atoms with Crippen LogP contribution in [-0.2, 0) is 11.3 Å². The Morgan fingerprint density at radius 3 is 2.69 bits per heavy atom. The maximum atomic E-state index is 13.2. The van der Waals surface area contributed by atoms with Crippen molar-refractivity contribution in [2.45, 2.75) is 32.8 Å². The number of hydrogen-bond donors (Lipinski definition) is 1. The van der Waals surface area contributed by atoms with Crippen LogP contribution in [0.5, 0.6) is 0 Å². The number of benzene rings is 1. The van der Waals surface area contributed by atoms with E-state index in [4.69, 9.17) is 9.72 Å². The molecule has 0 unspecified atom stereocenters. The van der Waals surface area contributed by atoms with Crippen molar-refractivity contribution in [1.82, 2.24) is 15.3 Å². The third-order valence-electron chi connectivity index (χ3n) is 5.65. The smallest absolute Gasteiger partial charge is 0.407 e. The number of halogens is 1. The molecule has 3 aromatic rings. The molecule has 1 N–H and O–H groups in total. The van der Waals surface area contributed by atoms with Crippen LogP contribution in [-0.4, -0.2) is 35.7 Å². The van der Waals surface area contributed by atoms with Crippen LogP contribution in [0.25, 0.3) is 11.3 Å². The monoisotopic (exact) mass is 454 g/mol. The number of amides is 1. The van der Waals surface area contributed by atoms with Crippen molar-refractivity contribution in [3.63, 3.8) is 0 Å². The van der Waals surface area contributed by atoms with E-state index < -0.39 is 6.09 Å². The molecule has 0 spiro atoms. The lowest BCUT2D eigenvalue weighted by Crippen LogP contribution is -2.35. The van der Waals surface area contributed by atoms with E-state index in [-0.39, 0.29) is 12.4 Å². The number of nitrogens with zero attached hydrogens (tertiary/aromatic N) is 3. The van der Waals surface area contributed by atoms with E-state index in [1.54, 1.807) is 23.5 Å². The minimum absolute atomic E-state index is 0.207. The molecule has 0 aliphatic carbocycles. The number of rotatable bonds is 7. The molecule has 1 amide bonds. The number of piperidine rings is 1. The summed E-state index contributed by atoms with van der Waals surface area (Å²) in [4.78, 5) is 23.2. The average molecular weight is 455 g/mol. The number of hydrogen-bond acceptors (Lipinski definition) is 6. The molecular weight excluding hydrogens is 427 g/mol. The summed E-state index contributed by atoms with van der Waals surface area (Å²) in [6.45, 7) is 4.60. The van der Waals surface area contributed by atoms with Crippen molar-refractivity contribution in [2.75, 3.05) is 24.5 Å². The normalized spacial score (nSPS) is 14.4. The third-order valence-corrected chi connectivity index (χ3v) is 6.47. The van der Waals surface area contributed by atoms with Crippen LogP contribution in [0.1, 0.15) is 30.0 Å². The van der Waals surface area contributed by atoms with E-state index >= 15 is 0 Å². The molecule has 3 heterocycles. The van der Waals surface area contributed by atoms with Gasteiger partial charge in [-0.05, 0) is 68.5 Å². The predicted octanol–water partition coefficient (Wildman–Crippen LogP) is 5.19. The number of ether oxygens (including phenoxy) is 1. The van der Waals surface area contributed by atoms with E-state index in [2.05, 4.69) is 15.2 Å². The van der Waals surface area contributed by atoms with Gasteiger partial charge in [-0.2, -0.15) is 0 Å². The van der Waals surface area contributed by atoms with Gasteiger partial charge in [0.2, 0.25) is 0 Å². The second-order valence-corrected chi connectivity index (χ2v) is 9.03. The third kappa shape index (κ3) is 6.03. The molecule has 0 saturated carbocycles. The number of aromatic nitrogens is 2. The summed E-state index contributed by atoms with van der Waals surface area (Å²) in [5.41, 5.74) is 2.54. The molecule has 8 heteroatoms. The molecule has 32 heavy (non-hydrogen) atoms. The summed E-state index contributed by atoms with van der Waals surface area (Å²) in [7, 11) is 0. The summed E-state index contributed by atoms with van der Waals surface area (Å²) < 4.78 is 18.4. The summed E-state index contributed by atoms with van der Waals surface area (Å²) in [6, 6.07) is 12.4. The first-order valence-electron chi connectivity index (χ1n) is 10.9. The SMILES string of the molecule is Cc1nc(COC(=O)NCCC2CCN(c3cccc(-c4ccc(F)cc4)n3)CC2)cs1. The summed E-state index contributed by atoms with van der Waals surface area (Å²) in [5, 5.41) is 5.71. The van der Waals surface area contributed by atoms with Gasteiger partial charge in [-0.1, -0.05) is 6.07 Å². The number of thiazole rings is 1. The molecule has 0 atom stereocenters. The van der Waals surface area contributed by atoms with Gasteiger partial charge in [0.25, 0.3) is 0 Å². The van der Waals surface area contributed by atoms with E-state index in [1.807, 2.05) is 30.5 Å². The van der Waals surface area contributed by atoms with E-state index in [0.717, 1.165) is 60.1 Å². The van der Waals surface area contributed by atoms with Gasteiger partial charge in [0.05, 0.1) is 16.4 Å². The van der Waals surface area contributed by atoms with Crippen LogP contribution in [0.3, 0.4) is 0 Å². The first kappa shape index (κ1) is 22.2. The van der Waals surface area contributed by atoms with Crippen molar-refractivity contribution in [2.24, 2.45) is 5.92 Å². The Hall–Kier alpha value is -3.00. The van der Waals surface area contributed by atoms with Crippen molar-refractivity contribution in [3.05, 3.63) is 64.4 Å². The summed E-state index contributed by atoms with van der Waals surface area (Å²) in [6.07, 6.45) is 2.64. The molecule has 1 fully saturated rings. The average Bonchev–Trinajstić information content (AvgIpc) is 3.24. The highest BCUT2D eigenvalue weighted by Gasteiger charge is 2.20. The Morgan fingerprint density at radius 1 is 1.19 bits per heavy atom. The van der Waals surface area contributed by atoms with Crippen LogP contribution in [0, 0.1) is 18.7 Å². The van der Waals surface area contributed by atoms with Gasteiger partial charge in [-0.3, -0.25) is 0 Å². The lowest BCUT2D eigenvalue weighted by atomic mass is 9.93. The molecule has 0 radical (unpaired) electrons. The predicted molar refractivity (Wildman–Crippen MR) is 124 cm³/mol. The quantitative estimate of drug-likeness (QED) is 0.532. The lowest BCUT2D eigenvalue weighted by Gasteiger charge is -2.33. The summed E-state index contributed by atoms with van der Waals surface area (Å²) >= 11 is 1.55. The molecule has 1 aromatic carbocycles. The van der Waals surface area contributed by atoms with Crippen LogP contribution in [0.15, 0.2) is 47.8 Å². The number of pyridine rings is 1. The van der Waals surface area contributed by atoms with Crippen molar-refractivity contribution < 1.29 is 13.9 Å². The van der Waals surface area contributed by atoms with Crippen molar-refractivity contribution >= 4 is 23.2 Å². The standard InChI is InChI=1S/C24H27FN4O2S/c1-17-27-21(16-32-17)15-31-24(30)26-12-9-18-10-13-29(14-11-18)23-4-2-3-22(28-23)19-5-7-20(25)8-6-19/h2-8,16,18H,9-15H2,1H3,(H,26,30). The zero-order chi connectivity index (χ0) is 22.3. The first-order chi connectivity index (χ1) is 15.6. The van der Waals surface area contributed by atoms with Crippen LogP contribution >= 0.6 is 11.3 Å². The molecule has 0 bridgehead atoms. The van der Waals surface area contributed by atoms with E-state index in [1.165, 1.54) is 12.1 Å². The molecule has 2 aromatic heterocycles. The molecule has 1 aliphatic heterocycles. The molecular formula is C24H27FN4O2S. The fourth-order valence-corrected chi connectivity index (χ4v) is 4.47. The number of nitrogens with one attached hydrogen (secondary N) is 1. The Bertz CT molecular complexity index is 1030. The second kappa shape index (κ2) is 10.5. The summed E-state index contributed by atoms with van der Waals surface area (Å²) in [5.74, 6) is 1.27. The minimum atomic E-state index is -0.394. The van der Waals surface area contributed by atoms with Crippen LogP contribution < -0.4 is 10.2 Å². The van der Waals surface area contributed by atoms with Crippen LogP contribution in [0.4, 0.5) is 15.0 Å². The highest BCUT2D eigenvalue weighted by Crippen LogP contribution is 2.26.